The molecule has 26 heavy (non-hydrogen) atoms. The fourth-order valence-corrected chi connectivity index (χ4v) is 4.29. The van der Waals surface area contributed by atoms with Gasteiger partial charge >= 0.3 is 0 Å². The highest BCUT2D eigenvalue weighted by atomic mass is 32.1. The van der Waals surface area contributed by atoms with Crippen LogP contribution in [0.2, 0.25) is 0 Å². The van der Waals surface area contributed by atoms with Gasteiger partial charge in [0.05, 0.1) is 17.4 Å². The Morgan fingerprint density at radius 2 is 2.19 bits per heavy atom. The summed E-state index contributed by atoms with van der Waals surface area (Å²) in [5.74, 6) is -0.562. The summed E-state index contributed by atoms with van der Waals surface area (Å²) in [6, 6.07) is 3.41. The smallest absolute Gasteiger partial charge is 0.254 e. The van der Waals surface area contributed by atoms with Crippen molar-refractivity contribution in [2.45, 2.75) is 18.4 Å². The van der Waals surface area contributed by atoms with Crippen LogP contribution in [0.15, 0.2) is 36.1 Å². The number of amides is 1. The Morgan fingerprint density at radius 3 is 2.88 bits per heavy atom. The zero-order chi connectivity index (χ0) is 18.1. The summed E-state index contributed by atoms with van der Waals surface area (Å²) in [6.45, 7) is 1.49. The molecule has 1 amide bonds. The van der Waals surface area contributed by atoms with Crippen LogP contribution >= 0.6 is 11.3 Å². The fourth-order valence-electron chi connectivity index (χ4n) is 3.39. The molecule has 4 heterocycles. The lowest BCUT2D eigenvalue weighted by atomic mass is 9.84. The van der Waals surface area contributed by atoms with E-state index in [0.717, 1.165) is 23.2 Å². The number of halogens is 1. The number of thiophene rings is 1. The zero-order valence-electron chi connectivity index (χ0n) is 14.0. The molecule has 0 aliphatic carbocycles. The minimum absolute atomic E-state index is 0.0516. The first-order valence-electron chi connectivity index (χ1n) is 8.45. The van der Waals surface area contributed by atoms with Gasteiger partial charge in [-0.15, -0.1) is 11.3 Å². The predicted octanol–water partition coefficient (Wildman–Crippen LogP) is 1.85. The Bertz CT molecular complexity index is 858. The van der Waals surface area contributed by atoms with E-state index < -0.39 is 11.4 Å². The molecule has 0 spiro atoms. The molecule has 136 valence electrons. The number of rotatable bonds is 3. The van der Waals surface area contributed by atoms with Gasteiger partial charge in [0.1, 0.15) is 5.82 Å². The van der Waals surface area contributed by atoms with Crippen molar-refractivity contribution in [3.05, 3.63) is 57.9 Å². The summed E-state index contributed by atoms with van der Waals surface area (Å²) >= 11 is 1.54. The average molecular weight is 374 g/mol. The number of nitrogens with one attached hydrogen (secondary N) is 2. The van der Waals surface area contributed by atoms with Crippen molar-refractivity contribution in [1.29, 1.82) is 0 Å². The second kappa shape index (κ2) is 6.79. The molecule has 4 rings (SSSR count). The topological polar surface area (TPSA) is 77.5 Å². The van der Waals surface area contributed by atoms with Crippen LogP contribution in [0.25, 0.3) is 5.57 Å². The highest BCUT2D eigenvalue weighted by Gasteiger charge is 2.37. The molecule has 3 N–H and O–H groups in total. The van der Waals surface area contributed by atoms with Crippen LogP contribution in [-0.4, -0.2) is 40.5 Å². The Balaban J connectivity index is 1.45. The molecule has 0 saturated carbocycles. The van der Waals surface area contributed by atoms with E-state index in [2.05, 4.69) is 15.8 Å². The number of nitrogens with zero attached hydrogens (tertiary/aromatic N) is 2. The highest BCUT2D eigenvalue weighted by Crippen LogP contribution is 2.34. The van der Waals surface area contributed by atoms with Crippen LogP contribution in [0.4, 0.5) is 4.39 Å². The Morgan fingerprint density at radius 1 is 1.38 bits per heavy atom. The van der Waals surface area contributed by atoms with Gasteiger partial charge < -0.3 is 15.4 Å². The quantitative estimate of drug-likeness (QED) is 0.764. The monoisotopic (exact) mass is 374 g/mol. The molecule has 0 atom stereocenters. The van der Waals surface area contributed by atoms with Crippen LogP contribution in [0.5, 0.6) is 0 Å². The van der Waals surface area contributed by atoms with Crippen LogP contribution < -0.4 is 10.9 Å². The molecule has 0 aromatic carbocycles. The average Bonchev–Trinajstić information content (AvgIpc) is 3.33. The molecule has 8 heteroatoms. The highest BCUT2D eigenvalue weighted by molar-refractivity contribution is 7.11. The third-order valence-electron chi connectivity index (χ3n) is 4.94. The lowest BCUT2D eigenvalue weighted by Gasteiger charge is -2.38. The SMILES string of the molecule is O=C(c1csc(C2=CNNC2)c1)N1CCC(O)(c2ccncc2F)CC1. The van der Waals surface area contributed by atoms with Gasteiger partial charge in [0.25, 0.3) is 5.91 Å². The molecule has 1 saturated heterocycles. The van der Waals surface area contributed by atoms with Gasteiger partial charge in [-0.3, -0.25) is 9.78 Å². The molecular weight excluding hydrogens is 355 g/mol. The second-order valence-electron chi connectivity index (χ2n) is 6.55. The molecule has 2 aliphatic rings. The first-order chi connectivity index (χ1) is 12.6. The molecule has 2 aromatic heterocycles. The lowest BCUT2D eigenvalue weighted by Crippen LogP contribution is -2.45. The normalized spacial score (nSPS) is 19.2. The molecule has 0 bridgehead atoms. The van der Waals surface area contributed by atoms with Crippen molar-refractivity contribution in [2.24, 2.45) is 0 Å². The Labute approximate surface area is 154 Å². The van der Waals surface area contributed by atoms with Crippen LogP contribution in [-0.2, 0) is 5.60 Å². The van der Waals surface area contributed by atoms with E-state index in [1.807, 2.05) is 17.6 Å². The predicted molar refractivity (Wildman–Crippen MR) is 96.7 cm³/mol. The van der Waals surface area contributed by atoms with E-state index in [4.69, 9.17) is 0 Å². The van der Waals surface area contributed by atoms with E-state index in [1.165, 1.54) is 23.6 Å². The Kier molecular flexibility index (Phi) is 4.47. The third-order valence-corrected chi connectivity index (χ3v) is 5.95. The molecule has 0 radical (unpaired) electrons. The second-order valence-corrected chi connectivity index (χ2v) is 7.46. The van der Waals surface area contributed by atoms with Gasteiger partial charge in [0.2, 0.25) is 0 Å². The molecular formula is C18H19FN4O2S. The largest absolute Gasteiger partial charge is 0.385 e. The van der Waals surface area contributed by atoms with Crippen molar-refractivity contribution in [1.82, 2.24) is 20.7 Å². The number of hydrogen-bond donors (Lipinski definition) is 3. The molecule has 1 fully saturated rings. The van der Waals surface area contributed by atoms with E-state index in [0.29, 0.717) is 31.5 Å². The Hall–Kier alpha value is -2.29. The van der Waals surface area contributed by atoms with Gasteiger partial charge in [0.15, 0.2) is 0 Å². The van der Waals surface area contributed by atoms with Crippen molar-refractivity contribution < 1.29 is 14.3 Å². The van der Waals surface area contributed by atoms with Gasteiger partial charge in [0, 0.05) is 53.4 Å². The van der Waals surface area contributed by atoms with Crippen molar-refractivity contribution >= 4 is 22.8 Å². The summed E-state index contributed by atoms with van der Waals surface area (Å²) < 4.78 is 14.0. The van der Waals surface area contributed by atoms with E-state index in [-0.39, 0.29) is 11.5 Å². The number of likely N-dealkylation sites (tertiary alicyclic amines) is 1. The van der Waals surface area contributed by atoms with Crippen LogP contribution in [0, 0.1) is 5.82 Å². The van der Waals surface area contributed by atoms with Crippen LogP contribution in [0.1, 0.15) is 33.6 Å². The standard InChI is InChI=1S/C18H19FN4O2S/c19-15-10-20-4-1-14(15)18(25)2-5-23(6-3-18)17(24)12-7-16(26-11-12)13-8-21-22-9-13/h1,4,7-8,10-11,21-22,25H,2-3,5-6,9H2. The van der Waals surface area contributed by atoms with Gasteiger partial charge in [-0.1, -0.05) is 0 Å². The number of aliphatic hydroxyl groups is 1. The van der Waals surface area contributed by atoms with E-state index >= 15 is 0 Å². The number of aromatic nitrogens is 1. The van der Waals surface area contributed by atoms with E-state index in [9.17, 15) is 14.3 Å². The number of pyridine rings is 1. The lowest BCUT2D eigenvalue weighted by molar-refractivity contribution is -0.0236. The summed E-state index contributed by atoms with van der Waals surface area (Å²) in [7, 11) is 0. The molecule has 6 nitrogen and oxygen atoms in total. The molecule has 2 aliphatic heterocycles. The zero-order valence-corrected chi connectivity index (χ0v) is 14.9. The van der Waals surface area contributed by atoms with Crippen molar-refractivity contribution in [3.8, 4) is 0 Å². The van der Waals surface area contributed by atoms with E-state index in [1.54, 1.807) is 4.90 Å². The third kappa shape index (κ3) is 3.11. The number of piperidine rings is 1. The summed E-state index contributed by atoms with van der Waals surface area (Å²) in [5.41, 5.74) is 6.72. The summed E-state index contributed by atoms with van der Waals surface area (Å²) in [4.78, 5) is 19.3. The van der Waals surface area contributed by atoms with Gasteiger partial charge in [-0.25, -0.2) is 9.82 Å². The maximum atomic E-state index is 14.0. The maximum Gasteiger partial charge on any atom is 0.254 e. The molecule has 2 aromatic rings. The number of carbonyl (C=O) groups excluding carboxylic acids is 1. The number of hydrogen-bond acceptors (Lipinski definition) is 6. The minimum atomic E-state index is -1.25. The van der Waals surface area contributed by atoms with Crippen LogP contribution in [0.3, 0.4) is 0 Å². The van der Waals surface area contributed by atoms with Gasteiger partial charge in [-0.05, 0) is 25.0 Å². The van der Waals surface area contributed by atoms with Crippen molar-refractivity contribution in [2.75, 3.05) is 19.6 Å². The first kappa shape index (κ1) is 17.1. The molecule has 0 unspecified atom stereocenters. The number of carbonyl (C=O) groups is 1. The van der Waals surface area contributed by atoms with Gasteiger partial charge in [-0.2, -0.15) is 0 Å². The van der Waals surface area contributed by atoms with Crippen molar-refractivity contribution in [3.63, 3.8) is 0 Å². The number of hydrazine groups is 1. The minimum Gasteiger partial charge on any atom is -0.385 e. The maximum absolute atomic E-state index is 14.0. The first-order valence-corrected chi connectivity index (χ1v) is 9.33. The summed E-state index contributed by atoms with van der Waals surface area (Å²) in [5, 5.41) is 12.7. The fraction of sp³-hybridized carbons (Fsp3) is 0.333. The summed E-state index contributed by atoms with van der Waals surface area (Å²) in [6.07, 6.45) is 5.08.